The van der Waals surface area contributed by atoms with Crippen LogP contribution in [0, 0.1) is 12.3 Å². The molecule has 0 bridgehead atoms. The lowest BCUT2D eigenvalue weighted by atomic mass is 9.84. The third-order valence-electron chi connectivity index (χ3n) is 3.77. The van der Waals surface area contributed by atoms with Crippen LogP contribution in [-0.4, -0.2) is 18.8 Å². The van der Waals surface area contributed by atoms with Crippen LogP contribution in [0.1, 0.15) is 51.4 Å². The summed E-state index contributed by atoms with van der Waals surface area (Å²) in [4.78, 5) is 0. The predicted molar refractivity (Wildman–Crippen MR) is 66.6 cm³/mol. The fourth-order valence-corrected chi connectivity index (χ4v) is 2.75. The molecule has 3 N–H and O–H groups in total. The van der Waals surface area contributed by atoms with E-state index in [9.17, 15) is 0 Å². The minimum Gasteiger partial charge on any atom is -0.377 e. The predicted octanol–water partition coefficient (Wildman–Crippen LogP) is 1.97. The van der Waals surface area contributed by atoms with Crippen LogP contribution in [0.15, 0.2) is 0 Å². The highest BCUT2D eigenvalue weighted by Crippen LogP contribution is 2.34. The van der Waals surface area contributed by atoms with Gasteiger partial charge >= 0.3 is 0 Å². The van der Waals surface area contributed by atoms with Crippen LogP contribution in [0.2, 0.25) is 0 Å². The highest BCUT2D eigenvalue weighted by atomic mass is 16.5. The van der Waals surface area contributed by atoms with E-state index in [0.29, 0.717) is 0 Å². The Morgan fingerprint density at radius 2 is 2.00 bits per heavy atom. The van der Waals surface area contributed by atoms with Crippen molar-refractivity contribution < 1.29 is 4.74 Å². The molecule has 0 aromatic carbocycles. The monoisotopic (exact) mass is 224 g/mol. The summed E-state index contributed by atoms with van der Waals surface area (Å²) in [6.45, 7) is 0. The molecule has 0 spiro atoms. The van der Waals surface area contributed by atoms with E-state index >= 15 is 0 Å². The Hall–Kier alpha value is -0.560. The van der Waals surface area contributed by atoms with Crippen molar-refractivity contribution in [3.8, 4) is 12.3 Å². The number of terminal acetylenes is 1. The van der Waals surface area contributed by atoms with Crippen LogP contribution in [0.3, 0.4) is 0 Å². The van der Waals surface area contributed by atoms with Gasteiger partial charge in [-0.1, -0.05) is 25.7 Å². The van der Waals surface area contributed by atoms with Gasteiger partial charge in [0.05, 0.1) is 11.6 Å². The molecule has 0 heterocycles. The molecule has 1 aliphatic carbocycles. The van der Waals surface area contributed by atoms with Crippen molar-refractivity contribution in [1.82, 2.24) is 5.43 Å². The Labute approximate surface area is 99.1 Å². The van der Waals surface area contributed by atoms with E-state index in [4.69, 9.17) is 17.0 Å². The highest BCUT2D eigenvalue weighted by Gasteiger charge is 2.38. The first-order chi connectivity index (χ1) is 7.79. The van der Waals surface area contributed by atoms with E-state index in [0.717, 1.165) is 25.7 Å². The quantitative estimate of drug-likeness (QED) is 0.325. The maximum absolute atomic E-state index is 5.80. The van der Waals surface area contributed by atoms with Crippen molar-refractivity contribution in [3.05, 3.63) is 0 Å². The van der Waals surface area contributed by atoms with Gasteiger partial charge in [-0.05, 0) is 19.3 Å². The van der Waals surface area contributed by atoms with Gasteiger partial charge in [-0.15, -0.1) is 12.3 Å². The molecule has 1 atom stereocenters. The average Bonchev–Trinajstić information content (AvgIpc) is 2.56. The van der Waals surface area contributed by atoms with Crippen LogP contribution >= 0.6 is 0 Å². The van der Waals surface area contributed by atoms with Gasteiger partial charge in [0.1, 0.15) is 0 Å². The number of nitrogens with one attached hydrogen (secondary N) is 1. The second kappa shape index (κ2) is 6.90. The molecule has 1 fully saturated rings. The van der Waals surface area contributed by atoms with Gasteiger partial charge in [-0.25, -0.2) is 0 Å². The van der Waals surface area contributed by atoms with Gasteiger partial charge in [0.25, 0.3) is 0 Å². The van der Waals surface area contributed by atoms with Gasteiger partial charge in [0, 0.05) is 13.5 Å². The van der Waals surface area contributed by atoms with Crippen LogP contribution in [0.4, 0.5) is 0 Å². The number of ether oxygens (including phenoxy) is 1. The minimum absolute atomic E-state index is 0.109. The molecule has 0 aliphatic heterocycles. The van der Waals surface area contributed by atoms with Crippen molar-refractivity contribution >= 4 is 0 Å². The molecule has 1 unspecified atom stereocenters. The lowest BCUT2D eigenvalue weighted by Gasteiger charge is -2.38. The number of nitrogens with two attached hydrogens (primary N) is 1. The lowest BCUT2D eigenvalue weighted by Crippen LogP contribution is -2.54. The molecule has 1 rings (SSSR count). The molecular weight excluding hydrogens is 200 g/mol. The molecule has 1 aliphatic rings. The van der Waals surface area contributed by atoms with Crippen molar-refractivity contribution in [2.45, 2.75) is 63.0 Å². The van der Waals surface area contributed by atoms with Crippen LogP contribution < -0.4 is 11.3 Å². The van der Waals surface area contributed by atoms with Crippen LogP contribution in [-0.2, 0) is 4.74 Å². The number of hydrazine groups is 1. The van der Waals surface area contributed by atoms with Crippen molar-refractivity contribution in [3.63, 3.8) is 0 Å². The van der Waals surface area contributed by atoms with E-state index in [1.807, 2.05) is 0 Å². The SMILES string of the molecule is C#CCCC(NN)C1(OC)CCCCCC1. The van der Waals surface area contributed by atoms with E-state index in [-0.39, 0.29) is 11.6 Å². The zero-order valence-electron chi connectivity index (χ0n) is 10.3. The smallest absolute Gasteiger partial charge is 0.0844 e. The van der Waals surface area contributed by atoms with Gasteiger partial charge in [-0.3, -0.25) is 11.3 Å². The first kappa shape index (κ1) is 13.5. The third-order valence-corrected chi connectivity index (χ3v) is 3.77. The molecular formula is C13H24N2O. The van der Waals surface area contributed by atoms with Gasteiger partial charge in [0.2, 0.25) is 0 Å². The van der Waals surface area contributed by atoms with Gasteiger partial charge < -0.3 is 4.74 Å². The molecule has 3 heteroatoms. The lowest BCUT2D eigenvalue weighted by molar-refractivity contribution is -0.0544. The standard InChI is InChI=1S/C13H24N2O/c1-3-4-9-12(15-14)13(16-2)10-7-5-6-8-11-13/h1,12,15H,4-11,14H2,2H3. The van der Waals surface area contributed by atoms with Crippen molar-refractivity contribution in [1.29, 1.82) is 0 Å². The zero-order valence-corrected chi connectivity index (χ0v) is 10.3. The van der Waals surface area contributed by atoms with Crippen LogP contribution in [0.5, 0.6) is 0 Å². The second-order valence-corrected chi connectivity index (χ2v) is 4.65. The van der Waals surface area contributed by atoms with E-state index in [1.54, 1.807) is 7.11 Å². The highest BCUT2D eigenvalue weighted by molar-refractivity contribution is 4.96. The van der Waals surface area contributed by atoms with E-state index < -0.39 is 0 Å². The minimum atomic E-state index is -0.109. The first-order valence-corrected chi connectivity index (χ1v) is 6.24. The average molecular weight is 224 g/mol. The molecule has 0 amide bonds. The maximum atomic E-state index is 5.80. The summed E-state index contributed by atoms with van der Waals surface area (Å²) in [5.41, 5.74) is 2.80. The fraction of sp³-hybridized carbons (Fsp3) is 0.846. The number of rotatable bonds is 5. The summed E-state index contributed by atoms with van der Waals surface area (Å²) in [7, 11) is 1.80. The molecule has 1 saturated carbocycles. The number of methoxy groups -OCH3 is 1. The summed E-state index contributed by atoms with van der Waals surface area (Å²) >= 11 is 0. The van der Waals surface area contributed by atoms with Crippen LogP contribution in [0.25, 0.3) is 0 Å². The van der Waals surface area contributed by atoms with Crippen molar-refractivity contribution in [2.24, 2.45) is 5.84 Å². The fourth-order valence-electron chi connectivity index (χ4n) is 2.75. The first-order valence-electron chi connectivity index (χ1n) is 6.24. The Morgan fingerprint density at radius 3 is 2.44 bits per heavy atom. The summed E-state index contributed by atoms with van der Waals surface area (Å²) in [5, 5.41) is 0. The summed E-state index contributed by atoms with van der Waals surface area (Å²) in [6.07, 6.45) is 14.2. The number of hydrogen-bond acceptors (Lipinski definition) is 3. The number of hydrogen-bond donors (Lipinski definition) is 2. The molecule has 0 saturated heterocycles. The Balaban J connectivity index is 2.69. The van der Waals surface area contributed by atoms with Gasteiger partial charge in [-0.2, -0.15) is 0 Å². The third kappa shape index (κ3) is 3.21. The Kier molecular flexibility index (Phi) is 5.83. The molecule has 0 radical (unpaired) electrons. The summed E-state index contributed by atoms with van der Waals surface area (Å²) in [5.74, 6) is 8.33. The molecule has 3 nitrogen and oxygen atoms in total. The normalized spacial score (nSPS) is 22.1. The molecule has 0 aromatic rings. The Morgan fingerprint density at radius 1 is 1.38 bits per heavy atom. The maximum Gasteiger partial charge on any atom is 0.0844 e. The molecule has 0 aromatic heterocycles. The second-order valence-electron chi connectivity index (χ2n) is 4.65. The van der Waals surface area contributed by atoms with Crippen molar-refractivity contribution in [2.75, 3.05) is 7.11 Å². The largest absolute Gasteiger partial charge is 0.377 e. The summed E-state index contributed by atoms with van der Waals surface area (Å²) in [6, 6.07) is 0.173. The summed E-state index contributed by atoms with van der Waals surface area (Å²) < 4.78 is 5.80. The molecule has 92 valence electrons. The van der Waals surface area contributed by atoms with E-state index in [2.05, 4.69) is 11.3 Å². The van der Waals surface area contributed by atoms with E-state index in [1.165, 1.54) is 25.7 Å². The van der Waals surface area contributed by atoms with Gasteiger partial charge in [0.15, 0.2) is 0 Å². The Bertz CT molecular complexity index is 227. The topological polar surface area (TPSA) is 47.3 Å². The molecule has 16 heavy (non-hydrogen) atoms. The zero-order chi connectivity index (χ0) is 11.9.